The van der Waals surface area contributed by atoms with Crippen LogP contribution in [0.4, 0.5) is 0 Å². The molecule has 0 amide bonds. The molecule has 0 aromatic heterocycles. The second kappa shape index (κ2) is 4.50. The Morgan fingerprint density at radius 1 is 1.67 bits per heavy atom. The normalized spacial score (nSPS) is 13.2. The van der Waals surface area contributed by atoms with E-state index in [0.29, 0.717) is 5.92 Å². The Bertz CT molecular complexity index is 88.9. The summed E-state index contributed by atoms with van der Waals surface area (Å²) in [5, 5.41) is 7.24. The van der Waals surface area contributed by atoms with Crippen molar-refractivity contribution < 1.29 is 0 Å². The van der Waals surface area contributed by atoms with E-state index in [2.05, 4.69) is 6.92 Å². The molecule has 1 unspecified atom stereocenters. The van der Waals surface area contributed by atoms with Crippen LogP contribution in [0, 0.1) is 11.3 Å². The van der Waals surface area contributed by atoms with Gasteiger partial charge in [0.05, 0.1) is 0 Å². The molecule has 3 N–H and O–H groups in total. The number of rotatable bonds is 4. The molecular weight excluding hydrogens is 112 g/mol. The van der Waals surface area contributed by atoms with Gasteiger partial charge in [0.2, 0.25) is 0 Å². The number of nitrogens with two attached hydrogens (primary N) is 1. The monoisotopic (exact) mass is 128 g/mol. The minimum absolute atomic E-state index is 0.425. The van der Waals surface area contributed by atoms with Gasteiger partial charge in [-0.05, 0) is 32.2 Å². The highest BCUT2D eigenvalue weighted by Gasteiger charge is 2.01. The van der Waals surface area contributed by atoms with Gasteiger partial charge in [0.15, 0.2) is 0 Å². The van der Waals surface area contributed by atoms with E-state index >= 15 is 0 Å². The van der Waals surface area contributed by atoms with Gasteiger partial charge in [0.25, 0.3) is 0 Å². The molecule has 0 rings (SSSR count). The van der Waals surface area contributed by atoms with Crippen LogP contribution < -0.4 is 5.73 Å². The molecule has 0 spiro atoms. The van der Waals surface area contributed by atoms with Crippen LogP contribution in [0.1, 0.15) is 26.7 Å². The molecule has 0 heterocycles. The highest BCUT2D eigenvalue weighted by Crippen LogP contribution is 2.04. The molecule has 0 aromatic carbocycles. The Morgan fingerprint density at radius 3 is 2.56 bits per heavy atom. The SMILES string of the molecule is CC(=N)C(C)CCCN. The predicted octanol–water partition coefficient (Wildman–Crippen LogP) is 1.40. The fourth-order valence-electron chi connectivity index (χ4n) is 0.641. The lowest BCUT2D eigenvalue weighted by atomic mass is 10.0. The quantitative estimate of drug-likeness (QED) is 0.552. The fourth-order valence-corrected chi connectivity index (χ4v) is 0.641. The molecule has 0 aliphatic rings. The topological polar surface area (TPSA) is 49.9 Å². The predicted molar refractivity (Wildman–Crippen MR) is 40.9 cm³/mol. The van der Waals surface area contributed by atoms with Crippen molar-refractivity contribution in [3.8, 4) is 0 Å². The number of hydrogen-bond donors (Lipinski definition) is 2. The van der Waals surface area contributed by atoms with Crippen LogP contribution in [-0.2, 0) is 0 Å². The molecule has 0 fully saturated rings. The van der Waals surface area contributed by atoms with E-state index in [1.165, 1.54) is 0 Å². The van der Waals surface area contributed by atoms with Crippen LogP contribution in [0.5, 0.6) is 0 Å². The molecule has 0 aliphatic carbocycles. The van der Waals surface area contributed by atoms with Gasteiger partial charge in [-0.1, -0.05) is 6.92 Å². The largest absolute Gasteiger partial charge is 0.330 e. The van der Waals surface area contributed by atoms with Gasteiger partial charge in [-0.3, -0.25) is 0 Å². The van der Waals surface area contributed by atoms with E-state index in [1.807, 2.05) is 6.92 Å². The molecule has 2 nitrogen and oxygen atoms in total. The van der Waals surface area contributed by atoms with E-state index in [0.717, 1.165) is 25.1 Å². The summed E-state index contributed by atoms with van der Waals surface area (Å²) < 4.78 is 0. The van der Waals surface area contributed by atoms with Gasteiger partial charge in [0, 0.05) is 5.71 Å². The second-order valence-electron chi connectivity index (χ2n) is 2.51. The highest BCUT2D eigenvalue weighted by atomic mass is 14.5. The van der Waals surface area contributed by atoms with E-state index in [9.17, 15) is 0 Å². The van der Waals surface area contributed by atoms with Gasteiger partial charge in [-0.25, -0.2) is 0 Å². The summed E-state index contributed by atoms with van der Waals surface area (Å²) in [6.45, 7) is 4.66. The Morgan fingerprint density at radius 2 is 2.22 bits per heavy atom. The van der Waals surface area contributed by atoms with E-state index in [4.69, 9.17) is 11.1 Å². The molecular formula is C7H16N2. The minimum Gasteiger partial charge on any atom is -0.330 e. The highest BCUT2D eigenvalue weighted by molar-refractivity contribution is 5.80. The zero-order valence-corrected chi connectivity index (χ0v) is 6.28. The summed E-state index contributed by atoms with van der Waals surface area (Å²) in [5.41, 5.74) is 6.07. The Hall–Kier alpha value is -0.370. The summed E-state index contributed by atoms with van der Waals surface area (Å²) in [5.74, 6) is 0.425. The third-order valence-electron chi connectivity index (χ3n) is 1.58. The maximum atomic E-state index is 7.24. The maximum Gasteiger partial charge on any atom is 0.00863 e. The average molecular weight is 128 g/mol. The molecule has 0 aromatic rings. The second-order valence-corrected chi connectivity index (χ2v) is 2.51. The van der Waals surface area contributed by atoms with E-state index in [1.54, 1.807) is 0 Å². The molecule has 0 saturated heterocycles. The van der Waals surface area contributed by atoms with Crippen molar-refractivity contribution in [2.24, 2.45) is 11.7 Å². The van der Waals surface area contributed by atoms with Crippen molar-refractivity contribution >= 4 is 5.71 Å². The third-order valence-corrected chi connectivity index (χ3v) is 1.58. The molecule has 9 heavy (non-hydrogen) atoms. The molecule has 0 saturated carbocycles. The number of hydrogen-bond acceptors (Lipinski definition) is 2. The van der Waals surface area contributed by atoms with Gasteiger partial charge >= 0.3 is 0 Å². The van der Waals surface area contributed by atoms with Crippen molar-refractivity contribution in [3.05, 3.63) is 0 Å². The summed E-state index contributed by atoms with van der Waals surface area (Å²) in [6, 6.07) is 0. The number of nitrogens with one attached hydrogen (secondary N) is 1. The van der Waals surface area contributed by atoms with Gasteiger partial charge in [-0.2, -0.15) is 0 Å². The van der Waals surface area contributed by atoms with Crippen LogP contribution >= 0.6 is 0 Å². The summed E-state index contributed by atoms with van der Waals surface area (Å²) in [4.78, 5) is 0. The van der Waals surface area contributed by atoms with Crippen molar-refractivity contribution in [3.63, 3.8) is 0 Å². The van der Waals surface area contributed by atoms with E-state index in [-0.39, 0.29) is 0 Å². The van der Waals surface area contributed by atoms with Crippen molar-refractivity contribution in [1.82, 2.24) is 0 Å². The summed E-state index contributed by atoms with van der Waals surface area (Å²) >= 11 is 0. The van der Waals surface area contributed by atoms with Crippen LogP contribution in [0.25, 0.3) is 0 Å². The smallest absolute Gasteiger partial charge is 0.00863 e. The molecule has 0 bridgehead atoms. The fraction of sp³-hybridized carbons (Fsp3) is 0.857. The molecule has 54 valence electrons. The van der Waals surface area contributed by atoms with Crippen molar-refractivity contribution in [2.75, 3.05) is 6.54 Å². The van der Waals surface area contributed by atoms with Crippen LogP contribution in [0.2, 0.25) is 0 Å². The van der Waals surface area contributed by atoms with Gasteiger partial charge in [-0.15, -0.1) is 0 Å². The molecule has 0 radical (unpaired) electrons. The van der Waals surface area contributed by atoms with Crippen LogP contribution in [-0.4, -0.2) is 12.3 Å². The minimum atomic E-state index is 0.425. The summed E-state index contributed by atoms with van der Waals surface area (Å²) in [6.07, 6.45) is 2.10. The zero-order valence-electron chi connectivity index (χ0n) is 6.28. The molecule has 1 atom stereocenters. The Labute approximate surface area is 57.0 Å². The average Bonchev–Trinajstić information content (AvgIpc) is 1.82. The Kier molecular flexibility index (Phi) is 4.32. The first-order valence-corrected chi connectivity index (χ1v) is 3.43. The van der Waals surface area contributed by atoms with E-state index < -0.39 is 0 Å². The first-order chi connectivity index (χ1) is 4.18. The molecule has 2 heteroatoms. The first-order valence-electron chi connectivity index (χ1n) is 3.43. The lowest BCUT2D eigenvalue weighted by Gasteiger charge is -2.06. The Balaban J connectivity index is 3.27. The zero-order chi connectivity index (χ0) is 7.28. The van der Waals surface area contributed by atoms with Gasteiger partial charge < -0.3 is 11.1 Å². The van der Waals surface area contributed by atoms with Crippen LogP contribution in [0.15, 0.2) is 0 Å². The first kappa shape index (κ1) is 8.63. The van der Waals surface area contributed by atoms with Crippen LogP contribution in [0.3, 0.4) is 0 Å². The third kappa shape index (κ3) is 4.15. The summed E-state index contributed by atoms with van der Waals surface area (Å²) in [7, 11) is 0. The molecule has 0 aliphatic heterocycles. The maximum absolute atomic E-state index is 7.24. The van der Waals surface area contributed by atoms with Crippen molar-refractivity contribution in [2.45, 2.75) is 26.7 Å². The lowest BCUT2D eigenvalue weighted by molar-refractivity contribution is 0.637. The van der Waals surface area contributed by atoms with Gasteiger partial charge in [0.1, 0.15) is 0 Å². The lowest BCUT2D eigenvalue weighted by Crippen LogP contribution is -2.08. The standard InChI is InChI=1S/C7H16N2/c1-6(7(2)9)4-3-5-8/h6,9H,3-5,8H2,1-2H3. The van der Waals surface area contributed by atoms with Crippen molar-refractivity contribution in [1.29, 1.82) is 5.41 Å².